The van der Waals surface area contributed by atoms with Crippen molar-refractivity contribution in [2.24, 2.45) is 5.92 Å². The highest BCUT2D eigenvalue weighted by Crippen LogP contribution is 2.38. The number of aromatic hydroxyl groups is 2. The molecule has 4 N–H and O–H groups in total. The maximum absolute atomic E-state index is 13.4. The van der Waals surface area contributed by atoms with Crippen molar-refractivity contribution in [1.82, 2.24) is 39.8 Å². The van der Waals surface area contributed by atoms with E-state index in [1.165, 1.54) is 16.7 Å². The summed E-state index contributed by atoms with van der Waals surface area (Å²) < 4.78 is 19.4. The van der Waals surface area contributed by atoms with E-state index in [9.17, 15) is 29.9 Å². The van der Waals surface area contributed by atoms with E-state index in [4.69, 9.17) is 35.8 Å². The average molecular weight is 1010 g/mol. The van der Waals surface area contributed by atoms with Gasteiger partial charge in [-0.1, -0.05) is 49.4 Å². The lowest BCUT2D eigenvalue weighted by molar-refractivity contribution is -0.128. The molecule has 73 heavy (non-hydrogen) atoms. The zero-order chi connectivity index (χ0) is 51.2. The van der Waals surface area contributed by atoms with Crippen LogP contribution >= 0.6 is 11.6 Å². The van der Waals surface area contributed by atoms with Gasteiger partial charge in [0.1, 0.15) is 36.3 Å². The Morgan fingerprint density at radius 3 is 2.56 bits per heavy atom. The minimum absolute atomic E-state index is 0.0361. The van der Waals surface area contributed by atoms with E-state index in [0.29, 0.717) is 99.3 Å². The number of benzene rings is 4. The predicted molar refractivity (Wildman–Crippen MR) is 276 cm³/mol. The summed E-state index contributed by atoms with van der Waals surface area (Å²) in [5, 5.41) is 42.7. The number of likely N-dealkylation sites (tertiary alicyclic amines) is 1. The number of aromatic amines is 1. The standard InChI is InChI=1S/C53H58ClN11O8/c1-4-33-27-41(46(67)28-45(33)66)50-59-60-53(70)65(50)36-12-14-39(15-13-36)72-25-24-71-23-19-56-51(69)35-26-38(61(3)29-35)32-73-52-57-43-31-62(44-11-7-9-34-8-6-10-42(54)48(34)44)20-17-40(43)49(58-52)63-21-22-64(47(68)5-2)37(30-63)16-18-55/h5-15,27-28,35,37-38,66-67H,2,4,16-17,19-26,29-32H2,1,3H3,(H,56,69)(H,60,70)/t35-,37-,38-/m0/s1. The Kier molecular flexibility index (Phi) is 15.4. The van der Waals surface area contributed by atoms with Gasteiger partial charge in [-0.15, -0.1) is 0 Å². The molecule has 0 bridgehead atoms. The fourth-order valence-corrected chi connectivity index (χ4v) is 10.3. The van der Waals surface area contributed by atoms with Gasteiger partial charge < -0.3 is 44.4 Å². The number of hydrogen-bond donors (Lipinski definition) is 4. The van der Waals surface area contributed by atoms with E-state index in [1.807, 2.05) is 32.2 Å². The van der Waals surface area contributed by atoms with E-state index in [2.05, 4.69) is 61.1 Å². The van der Waals surface area contributed by atoms with Crippen LogP contribution < -0.4 is 30.3 Å². The predicted octanol–water partition coefficient (Wildman–Crippen LogP) is 5.39. The summed E-state index contributed by atoms with van der Waals surface area (Å²) in [6, 6.07) is 23.8. The second-order valence-corrected chi connectivity index (χ2v) is 18.8. The number of carbonyl (C=O) groups is 2. The van der Waals surface area contributed by atoms with Crippen molar-refractivity contribution in [2.45, 2.75) is 51.2 Å². The zero-order valence-electron chi connectivity index (χ0n) is 40.8. The molecule has 4 aromatic carbocycles. The third kappa shape index (κ3) is 10.9. The van der Waals surface area contributed by atoms with Gasteiger partial charge in [-0.25, -0.2) is 14.5 Å². The maximum atomic E-state index is 13.4. The third-order valence-electron chi connectivity index (χ3n) is 13.9. The van der Waals surface area contributed by atoms with Crippen LogP contribution in [0.5, 0.6) is 23.3 Å². The number of piperazine rings is 1. The number of nitrogens with zero attached hydrogens (tertiary/aromatic N) is 9. The lowest BCUT2D eigenvalue weighted by Crippen LogP contribution is -2.55. The Bertz CT molecular complexity index is 3100. The summed E-state index contributed by atoms with van der Waals surface area (Å²) in [5.41, 5.74) is 3.77. The summed E-state index contributed by atoms with van der Waals surface area (Å²) >= 11 is 6.78. The zero-order valence-corrected chi connectivity index (χ0v) is 41.6. The van der Waals surface area contributed by atoms with Crippen LogP contribution in [0.1, 0.15) is 36.6 Å². The first-order valence-electron chi connectivity index (χ1n) is 24.5. The molecule has 3 aliphatic heterocycles. The molecular weight excluding hydrogens is 954 g/mol. The first-order chi connectivity index (χ1) is 35.4. The molecule has 0 saturated carbocycles. The van der Waals surface area contributed by atoms with E-state index in [0.717, 1.165) is 33.5 Å². The van der Waals surface area contributed by atoms with Crippen LogP contribution in [-0.2, 0) is 33.7 Å². The number of carbonyl (C=O) groups excluding carboxylic acids is 2. The first kappa shape index (κ1) is 50.3. The lowest BCUT2D eigenvalue weighted by atomic mass is 10.0. The normalized spacial score (nSPS) is 17.8. The number of hydrogen-bond acceptors (Lipinski definition) is 15. The van der Waals surface area contributed by atoms with Crippen LogP contribution in [0.2, 0.25) is 5.02 Å². The topological polar surface area (TPSA) is 228 Å². The number of rotatable bonds is 18. The number of halogens is 1. The molecule has 2 amide bonds. The van der Waals surface area contributed by atoms with Crippen molar-refractivity contribution in [2.75, 3.05) is 82.5 Å². The second-order valence-electron chi connectivity index (χ2n) is 18.4. The van der Waals surface area contributed by atoms with Crippen LogP contribution in [0.15, 0.2) is 90.2 Å². The molecule has 6 aromatic rings. The quantitative estimate of drug-likeness (QED) is 0.0626. The van der Waals surface area contributed by atoms with E-state index in [-0.39, 0.29) is 79.4 Å². The number of nitriles is 1. The summed E-state index contributed by atoms with van der Waals surface area (Å²) in [7, 11) is 1.98. The summed E-state index contributed by atoms with van der Waals surface area (Å²) in [6.45, 7) is 10.1. The van der Waals surface area contributed by atoms with Crippen LogP contribution in [0, 0.1) is 17.2 Å². The van der Waals surface area contributed by atoms with Crippen molar-refractivity contribution >= 4 is 45.7 Å². The van der Waals surface area contributed by atoms with Gasteiger partial charge >= 0.3 is 11.7 Å². The van der Waals surface area contributed by atoms with Crippen molar-refractivity contribution in [3.8, 4) is 46.4 Å². The van der Waals surface area contributed by atoms with Crippen LogP contribution in [0.4, 0.5) is 11.5 Å². The summed E-state index contributed by atoms with van der Waals surface area (Å²) in [5.74, 6) is 0.724. The number of likely N-dealkylation sites (N-methyl/N-ethyl adjacent to an activating group) is 1. The molecule has 20 heteroatoms. The Balaban J connectivity index is 0.776. The Labute approximate surface area is 427 Å². The van der Waals surface area contributed by atoms with Gasteiger partial charge in [-0.2, -0.15) is 20.3 Å². The largest absolute Gasteiger partial charge is 0.508 e. The molecule has 19 nitrogen and oxygen atoms in total. The van der Waals surface area contributed by atoms with Crippen molar-refractivity contribution in [3.05, 3.63) is 118 Å². The van der Waals surface area contributed by atoms with Crippen molar-refractivity contribution < 1.29 is 34.0 Å². The Morgan fingerprint density at radius 2 is 1.78 bits per heavy atom. The molecule has 2 aromatic heterocycles. The Morgan fingerprint density at radius 1 is 0.973 bits per heavy atom. The number of amides is 2. The lowest BCUT2D eigenvalue weighted by Gasteiger charge is -2.42. The number of aromatic nitrogens is 5. The smallest absolute Gasteiger partial charge is 0.348 e. The number of H-pyrrole nitrogens is 1. The molecule has 0 spiro atoms. The fourth-order valence-electron chi connectivity index (χ4n) is 10.0. The van der Waals surface area contributed by atoms with Crippen molar-refractivity contribution in [3.63, 3.8) is 0 Å². The average Bonchev–Trinajstić information content (AvgIpc) is 3.98. The number of nitrogens with one attached hydrogen (secondary N) is 2. The molecule has 9 rings (SSSR count). The van der Waals surface area contributed by atoms with Gasteiger partial charge in [-0.3, -0.25) is 14.5 Å². The second kappa shape index (κ2) is 22.4. The number of fused-ring (bicyclic) bond motifs is 2. The number of aryl methyl sites for hydroxylation is 1. The van der Waals surface area contributed by atoms with Gasteiger partial charge in [0, 0.05) is 68.0 Å². The van der Waals surface area contributed by atoms with Crippen LogP contribution in [0.25, 0.3) is 27.8 Å². The van der Waals surface area contributed by atoms with Gasteiger partial charge in [0.2, 0.25) is 11.8 Å². The van der Waals surface area contributed by atoms with Gasteiger partial charge in [-0.05, 0) is 85.8 Å². The molecular formula is C53H58ClN11O8. The molecule has 0 unspecified atom stereocenters. The SMILES string of the molecule is C=CC(=O)N1CCN(c2nc(OC[C@@H]3C[C@H](C(=O)NCCOCCOc4ccc(-n5c(-c6cc(CC)c(O)cc6O)n[nH]c5=O)cc4)CN3C)nc3c2CCN(c2cccc4cccc(Cl)c24)C3)C[C@@H]1CC#N. The highest BCUT2D eigenvalue weighted by Gasteiger charge is 2.36. The van der Waals surface area contributed by atoms with Gasteiger partial charge in [0.25, 0.3) is 0 Å². The number of ether oxygens (including phenoxy) is 3. The third-order valence-corrected chi connectivity index (χ3v) is 14.2. The summed E-state index contributed by atoms with van der Waals surface area (Å²) in [4.78, 5) is 57.2. The maximum Gasteiger partial charge on any atom is 0.348 e. The number of phenols is 2. The van der Waals surface area contributed by atoms with Crippen molar-refractivity contribution in [1.29, 1.82) is 5.26 Å². The monoisotopic (exact) mass is 1010 g/mol. The number of anilines is 2. The molecule has 380 valence electrons. The van der Waals surface area contributed by atoms with Crippen LogP contribution in [-0.4, -0.2) is 141 Å². The van der Waals surface area contributed by atoms with Gasteiger partial charge in [0.05, 0.1) is 66.2 Å². The first-order valence-corrected chi connectivity index (χ1v) is 24.8. The molecule has 3 atom stereocenters. The van der Waals surface area contributed by atoms with Crippen LogP contribution in [0.3, 0.4) is 0 Å². The number of phenolic OH excluding ortho intramolecular Hbond substituents is 2. The minimum Gasteiger partial charge on any atom is -0.508 e. The minimum atomic E-state index is -0.494. The molecule has 0 radical (unpaired) electrons. The summed E-state index contributed by atoms with van der Waals surface area (Å²) in [6.07, 6.45) is 3.23. The molecule has 3 aliphatic rings. The molecule has 2 saturated heterocycles. The highest BCUT2D eigenvalue weighted by atomic mass is 35.5. The molecule has 2 fully saturated rings. The van der Waals surface area contributed by atoms with E-state index >= 15 is 0 Å². The highest BCUT2D eigenvalue weighted by molar-refractivity contribution is 6.36. The molecule has 5 heterocycles. The van der Waals surface area contributed by atoms with Gasteiger partial charge in [0.15, 0.2) is 5.82 Å². The fraction of sp³-hybridized carbons (Fsp3) is 0.377. The Hall–Kier alpha value is -7.66. The molecule has 0 aliphatic carbocycles. The van der Waals surface area contributed by atoms with E-state index in [1.54, 1.807) is 35.2 Å². The van der Waals surface area contributed by atoms with E-state index < -0.39 is 5.69 Å².